The minimum Gasteiger partial charge on any atom is -0.426 e. The lowest BCUT2D eigenvalue weighted by Gasteiger charge is -2.19. The number of halogens is 1. The number of esters is 1. The van der Waals surface area contributed by atoms with Gasteiger partial charge in [-0.2, -0.15) is 0 Å². The Labute approximate surface area is 199 Å². The van der Waals surface area contributed by atoms with E-state index in [0.717, 1.165) is 35.8 Å². The van der Waals surface area contributed by atoms with Crippen LogP contribution in [-0.4, -0.2) is 30.2 Å². The lowest BCUT2D eigenvalue weighted by atomic mass is 9.81. The Bertz CT molecular complexity index is 1110. The van der Waals surface area contributed by atoms with E-state index in [4.69, 9.17) is 4.74 Å². The number of ether oxygens (including phenoxy) is 1. The summed E-state index contributed by atoms with van der Waals surface area (Å²) in [5.74, 6) is -1.81. The van der Waals surface area contributed by atoms with Gasteiger partial charge in [0, 0.05) is 29.2 Å². The number of carbonyl (C=O) groups excluding carboxylic acids is 4. The summed E-state index contributed by atoms with van der Waals surface area (Å²) in [6.45, 7) is 0.242. The molecule has 2 saturated heterocycles. The Balaban J connectivity index is 1.29. The number of hydrogen-bond donors (Lipinski definition) is 0. The molecular weight excluding hydrogens is 488 g/mol. The van der Waals surface area contributed by atoms with Crippen molar-refractivity contribution in [3.63, 3.8) is 0 Å². The van der Waals surface area contributed by atoms with E-state index in [1.54, 1.807) is 29.2 Å². The van der Waals surface area contributed by atoms with Gasteiger partial charge in [0.05, 0.1) is 23.4 Å². The van der Waals surface area contributed by atoms with Crippen molar-refractivity contribution in [2.24, 2.45) is 17.8 Å². The second-order valence-electron chi connectivity index (χ2n) is 8.81. The fraction of sp³-hybridized carbons (Fsp3) is 0.360. The van der Waals surface area contributed by atoms with Crippen molar-refractivity contribution in [2.75, 3.05) is 16.3 Å². The average Bonchev–Trinajstić information content (AvgIpc) is 3.32. The zero-order chi connectivity index (χ0) is 23.1. The van der Waals surface area contributed by atoms with Crippen molar-refractivity contribution in [1.82, 2.24) is 0 Å². The van der Waals surface area contributed by atoms with E-state index < -0.39 is 11.9 Å². The van der Waals surface area contributed by atoms with Gasteiger partial charge in [0.25, 0.3) is 0 Å². The van der Waals surface area contributed by atoms with Crippen molar-refractivity contribution in [2.45, 2.75) is 32.1 Å². The molecule has 0 aromatic heterocycles. The Morgan fingerprint density at radius 2 is 1.58 bits per heavy atom. The van der Waals surface area contributed by atoms with Gasteiger partial charge in [-0.05, 0) is 49.2 Å². The maximum Gasteiger partial charge on any atom is 0.316 e. The second kappa shape index (κ2) is 8.74. The van der Waals surface area contributed by atoms with Crippen LogP contribution < -0.4 is 14.5 Å². The van der Waals surface area contributed by atoms with Crippen LogP contribution in [0.3, 0.4) is 0 Å². The third-order valence-electron chi connectivity index (χ3n) is 6.73. The minimum atomic E-state index is -0.595. The highest BCUT2D eigenvalue weighted by Gasteiger charge is 2.48. The number of fused-ring (bicyclic) bond motifs is 1. The van der Waals surface area contributed by atoms with E-state index in [-0.39, 0.29) is 48.3 Å². The first-order valence-electron chi connectivity index (χ1n) is 11.2. The highest BCUT2D eigenvalue weighted by Crippen LogP contribution is 2.40. The number of imide groups is 1. The van der Waals surface area contributed by atoms with Gasteiger partial charge < -0.3 is 9.64 Å². The van der Waals surface area contributed by atoms with Crippen LogP contribution >= 0.6 is 15.9 Å². The van der Waals surface area contributed by atoms with Crippen LogP contribution in [0.1, 0.15) is 32.1 Å². The Hall–Kier alpha value is -3.00. The van der Waals surface area contributed by atoms with Crippen LogP contribution in [0.15, 0.2) is 53.0 Å². The van der Waals surface area contributed by atoms with E-state index in [0.29, 0.717) is 5.69 Å². The summed E-state index contributed by atoms with van der Waals surface area (Å²) in [4.78, 5) is 53.8. The number of nitrogens with zero attached hydrogens (tertiary/aromatic N) is 2. The van der Waals surface area contributed by atoms with Gasteiger partial charge in [-0.1, -0.05) is 34.8 Å². The highest BCUT2D eigenvalue weighted by molar-refractivity contribution is 9.10. The van der Waals surface area contributed by atoms with Gasteiger partial charge in [0.2, 0.25) is 17.7 Å². The van der Waals surface area contributed by atoms with E-state index in [1.165, 1.54) is 4.90 Å². The Morgan fingerprint density at radius 3 is 2.24 bits per heavy atom. The summed E-state index contributed by atoms with van der Waals surface area (Å²) in [5, 5.41) is 0. The molecule has 3 aliphatic rings. The van der Waals surface area contributed by atoms with Crippen LogP contribution in [0.2, 0.25) is 0 Å². The summed E-state index contributed by atoms with van der Waals surface area (Å²) in [6, 6.07) is 13.8. The first kappa shape index (κ1) is 21.8. The van der Waals surface area contributed by atoms with Gasteiger partial charge in [-0.25, -0.2) is 4.90 Å². The van der Waals surface area contributed by atoms with E-state index in [2.05, 4.69) is 15.9 Å². The fourth-order valence-electron chi connectivity index (χ4n) is 5.04. The number of anilines is 2. The molecule has 3 fully saturated rings. The topological polar surface area (TPSA) is 84.0 Å². The Kier molecular flexibility index (Phi) is 5.78. The molecule has 0 N–H and O–H groups in total. The summed E-state index contributed by atoms with van der Waals surface area (Å²) in [6.07, 6.45) is 3.48. The molecule has 0 bridgehead atoms. The molecule has 0 spiro atoms. The molecule has 0 unspecified atom stereocenters. The summed E-state index contributed by atoms with van der Waals surface area (Å²) in [7, 11) is 0. The zero-order valence-electron chi connectivity index (χ0n) is 17.9. The molecule has 170 valence electrons. The van der Waals surface area contributed by atoms with Gasteiger partial charge in [0.1, 0.15) is 5.75 Å². The van der Waals surface area contributed by atoms with E-state index in [9.17, 15) is 19.2 Å². The highest BCUT2D eigenvalue weighted by atomic mass is 79.9. The number of rotatable bonds is 4. The van der Waals surface area contributed by atoms with Gasteiger partial charge >= 0.3 is 5.97 Å². The van der Waals surface area contributed by atoms with Crippen LogP contribution in [0.4, 0.5) is 11.4 Å². The molecule has 3 amide bonds. The average molecular weight is 511 g/mol. The normalized spacial score (nSPS) is 24.9. The fourth-order valence-corrected chi connectivity index (χ4v) is 5.30. The van der Waals surface area contributed by atoms with Crippen LogP contribution in [0.5, 0.6) is 5.75 Å². The molecule has 8 heteroatoms. The van der Waals surface area contributed by atoms with Crippen molar-refractivity contribution >= 4 is 51.0 Å². The van der Waals surface area contributed by atoms with E-state index >= 15 is 0 Å². The van der Waals surface area contributed by atoms with Crippen LogP contribution in [0.25, 0.3) is 0 Å². The van der Waals surface area contributed by atoms with Gasteiger partial charge in [-0.3, -0.25) is 19.2 Å². The van der Waals surface area contributed by atoms with Crippen LogP contribution in [-0.2, 0) is 19.2 Å². The lowest BCUT2D eigenvalue weighted by molar-refractivity contribution is -0.139. The quantitative estimate of drug-likeness (QED) is 0.351. The number of benzene rings is 2. The first-order valence-corrected chi connectivity index (χ1v) is 12.0. The Morgan fingerprint density at radius 1 is 0.909 bits per heavy atom. The first-order chi connectivity index (χ1) is 15.9. The van der Waals surface area contributed by atoms with Gasteiger partial charge in [0.15, 0.2) is 0 Å². The number of amides is 3. The standard InChI is InChI=1S/C25H23BrN2O5/c26-16-8-10-17(11-9-16)27-14-15(12-22(27)29)25(32)33-19-5-3-4-18(13-19)28-23(30)20-6-1-2-7-21(20)24(28)31/h3-5,8-11,13,15,20-21H,1-2,6-7,12,14H2/t15-,20-,21-/m1/s1. The molecule has 2 aromatic carbocycles. The monoisotopic (exact) mass is 510 g/mol. The molecule has 0 radical (unpaired) electrons. The maximum absolute atomic E-state index is 12.9. The molecule has 5 rings (SSSR count). The predicted molar refractivity (Wildman–Crippen MR) is 125 cm³/mol. The molecule has 2 heterocycles. The molecule has 3 atom stereocenters. The summed E-state index contributed by atoms with van der Waals surface area (Å²) in [5.41, 5.74) is 1.15. The third-order valence-corrected chi connectivity index (χ3v) is 7.26. The largest absolute Gasteiger partial charge is 0.426 e. The second-order valence-corrected chi connectivity index (χ2v) is 9.73. The number of carbonyl (C=O) groups is 4. The summed E-state index contributed by atoms with van der Waals surface area (Å²) >= 11 is 3.37. The van der Waals surface area contributed by atoms with Crippen molar-refractivity contribution in [3.8, 4) is 5.75 Å². The maximum atomic E-state index is 12.9. The summed E-state index contributed by atoms with van der Waals surface area (Å²) < 4.78 is 6.47. The lowest BCUT2D eigenvalue weighted by Crippen LogP contribution is -2.31. The minimum absolute atomic E-state index is 0.0705. The molecule has 2 aromatic rings. The predicted octanol–water partition coefficient (Wildman–Crippen LogP) is 4.09. The molecule has 1 saturated carbocycles. The number of hydrogen-bond acceptors (Lipinski definition) is 5. The SMILES string of the molecule is O=C(Oc1cccc(N2C(=O)[C@@H]3CCCC[C@H]3C2=O)c1)[C@@H]1CC(=O)N(c2ccc(Br)cc2)C1. The third kappa shape index (κ3) is 4.08. The molecular formula is C25H23BrN2O5. The molecule has 33 heavy (non-hydrogen) atoms. The molecule has 7 nitrogen and oxygen atoms in total. The van der Waals surface area contributed by atoms with Gasteiger partial charge in [-0.15, -0.1) is 0 Å². The smallest absolute Gasteiger partial charge is 0.316 e. The van der Waals surface area contributed by atoms with E-state index in [1.807, 2.05) is 24.3 Å². The van der Waals surface area contributed by atoms with Crippen molar-refractivity contribution in [3.05, 3.63) is 53.0 Å². The van der Waals surface area contributed by atoms with Crippen molar-refractivity contribution in [1.29, 1.82) is 0 Å². The van der Waals surface area contributed by atoms with Crippen molar-refractivity contribution < 1.29 is 23.9 Å². The molecule has 2 aliphatic heterocycles. The zero-order valence-corrected chi connectivity index (χ0v) is 19.5. The molecule has 1 aliphatic carbocycles. The van der Waals surface area contributed by atoms with Crippen LogP contribution in [0, 0.1) is 17.8 Å².